The molecule has 0 atom stereocenters. The summed E-state index contributed by atoms with van der Waals surface area (Å²) < 4.78 is 3.25. The molecule has 9 heteroatoms. The Morgan fingerprint density at radius 3 is 2.75 bits per heavy atom. The molecule has 1 aliphatic rings. The van der Waals surface area contributed by atoms with Gasteiger partial charge in [0.15, 0.2) is 5.82 Å². The van der Waals surface area contributed by atoms with Gasteiger partial charge in [-0.2, -0.15) is 5.26 Å². The lowest BCUT2D eigenvalue weighted by atomic mass is 10.2. The number of halogens is 2. The standard InChI is InChI=1S/C19H17Cl2N5O2/c1-25-14-3-2-12(23-17-13(20)8-11(10-22)16(21)24-17)9-15(14)26(18(25)27)7-6-19(28)4-5-19/h2-3,8-9,28H,4-7H2,1H3,(H,23,24). The Balaban J connectivity index is 1.70. The van der Waals surface area contributed by atoms with Crippen LogP contribution >= 0.6 is 23.2 Å². The second-order valence-electron chi connectivity index (χ2n) is 7.07. The van der Waals surface area contributed by atoms with E-state index in [-0.39, 0.29) is 21.4 Å². The van der Waals surface area contributed by atoms with Crippen LogP contribution in [0, 0.1) is 11.3 Å². The molecule has 0 bridgehead atoms. The normalized spacial score (nSPS) is 14.8. The van der Waals surface area contributed by atoms with E-state index in [0.717, 1.165) is 23.9 Å². The Hall–Kier alpha value is -2.53. The molecular formula is C19H17Cl2N5O2. The molecular weight excluding hydrogens is 401 g/mol. The summed E-state index contributed by atoms with van der Waals surface area (Å²) in [4.78, 5) is 16.7. The number of aromatic nitrogens is 3. The van der Waals surface area contributed by atoms with Gasteiger partial charge in [-0.05, 0) is 43.5 Å². The van der Waals surface area contributed by atoms with Crippen LogP contribution < -0.4 is 11.0 Å². The maximum Gasteiger partial charge on any atom is 0.328 e. The number of nitrogens with zero attached hydrogens (tertiary/aromatic N) is 4. The van der Waals surface area contributed by atoms with E-state index in [9.17, 15) is 9.90 Å². The number of hydrogen-bond donors (Lipinski definition) is 2. The fraction of sp³-hybridized carbons (Fsp3) is 0.316. The molecule has 3 aromatic rings. The molecule has 0 radical (unpaired) electrons. The zero-order chi connectivity index (χ0) is 20.1. The molecule has 1 fully saturated rings. The molecule has 4 rings (SSSR count). The fourth-order valence-corrected chi connectivity index (χ4v) is 3.57. The first-order valence-electron chi connectivity index (χ1n) is 8.76. The molecule has 0 aliphatic heterocycles. The largest absolute Gasteiger partial charge is 0.390 e. The van der Waals surface area contributed by atoms with E-state index >= 15 is 0 Å². The van der Waals surface area contributed by atoms with Gasteiger partial charge in [0.1, 0.15) is 11.2 Å². The Bertz CT molecular complexity index is 1190. The van der Waals surface area contributed by atoms with Crippen molar-refractivity contribution in [1.29, 1.82) is 5.26 Å². The van der Waals surface area contributed by atoms with Crippen molar-refractivity contribution in [2.75, 3.05) is 5.32 Å². The van der Waals surface area contributed by atoms with Crippen molar-refractivity contribution in [3.63, 3.8) is 0 Å². The van der Waals surface area contributed by atoms with Crippen molar-refractivity contribution >= 4 is 45.7 Å². The Labute approximate surface area is 170 Å². The fourth-order valence-electron chi connectivity index (χ4n) is 3.19. The maximum atomic E-state index is 12.6. The average molecular weight is 418 g/mol. The van der Waals surface area contributed by atoms with Crippen molar-refractivity contribution in [3.8, 4) is 6.07 Å². The van der Waals surface area contributed by atoms with Gasteiger partial charge in [-0.25, -0.2) is 9.78 Å². The van der Waals surface area contributed by atoms with Crippen LogP contribution in [0.4, 0.5) is 11.5 Å². The minimum absolute atomic E-state index is 0.0600. The van der Waals surface area contributed by atoms with Crippen molar-refractivity contribution in [1.82, 2.24) is 14.1 Å². The highest BCUT2D eigenvalue weighted by atomic mass is 35.5. The monoisotopic (exact) mass is 417 g/mol. The predicted octanol–water partition coefficient (Wildman–Crippen LogP) is 3.57. The zero-order valence-electron chi connectivity index (χ0n) is 15.0. The number of benzene rings is 1. The predicted molar refractivity (Wildman–Crippen MR) is 108 cm³/mol. The van der Waals surface area contributed by atoms with Crippen molar-refractivity contribution < 1.29 is 5.11 Å². The lowest BCUT2D eigenvalue weighted by Crippen LogP contribution is -2.24. The third-order valence-corrected chi connectivity index (χ3v) is 5.66. The quantitative estimate of drug-likeness (QED) is 0.618. The van der Waals surface area contributed by atoms with E-state index in [0.29, 0.717) is 24.5 Å². The summed E-state index contributed by atoms with van der Waals surface area (Å²) in [5.41, 5.74) is 1.64. The van der Waals surface area contributed by atoms with E-state index in [1.807, 2.05) is 24.3 Å². The number of pyridine rings is 1. The number of nitrogens with one attached hydrogen (secondary N) is 1. The molecule has 144 valence electrons. The Kier molecular flexibility index (Phi) is 4.58. The van der Waals surface area contributed by atoms with Crippen LogP contribution in [0.25, 0.3) is 11.0 Å². The number of fused-ring (bicyclic) bond motifs is 1. The molecule has 28 heavy (non-hydrogen) atoms. The lowest BCUT2D eigenvalue weighted by Gasteiger charge is -2.11. The van der Waals surface area contributed by atoms with Gasteiger partial charge < -0.3 is 10.4 Å². The first-order chi connectivity index (χ1) is 13.3. The summed E-state index contributed by atoms with van der Waals surface area (Å²) >= 11 is 12.2. The van der Waals surface area contributed by atoms with E-state index < -0.39 is 5.60 Å². The maximum absolute atomic E-state index is 12.6. The van der Waals surface area contributed by atoms with Crippen LogP contribution in [0.1, 0.15) is 24.8 Å². The molecule has 2 aromatic heterocycles. The molecule has 1 aliphatic carbocycles. The van der Waals surface area contributed by atoms with Crippen molar-refractivity contribution in [3.05, 3.63) is 50.5 Å². The molecule has 0 spiro atoms. The zero-order valence-corrected chi connectivity index (χ0v) is 16.5. The Morgan fingerprint density at radius 1 is 1.32 bits per heavy atom. The minimum Gasteiger partial charge on any atom is -0.390 e. The summed E-state index contributed by atoms with van der Waals surface area (Å²) in [6, 6.07) is 8.86. The van der Waals surface area contributed by atoms with E-state index in [2.05, 4.69) is 10.3 Å². The van der Waals surface area contributed by atoms with Gasteiger partial charge in [-0.15, -0.1) is 0 Å². The van der Waals surface area contributed by atoms with Crippen LogP contribution in [-0.4, -0.2) is 24.8 Å². The topological polar surface area (TPSA) is 95.9 Å². The highest BCUT2D eigenvalue weighted by molar-refractivity contribution is 6.35. The van der Waals surface area contributed by atoms with E-state index in [1.54, 1.807) is 16.2 Å². The van der Waals surface area contributed by atoms with Crippen molar-refractivity contribution in [2.45, 2.75) is 31.4 Å². The second-order valence-corrected chi connectivity index (χ2v) is 7.83. The second kappa shape index (κ2) is 6.82. The van der Waals surface area contributed by atoms with Gasteiger partial charge in [0, 0.05) is 19.3 Å². The molecule has 0 unspecified atom stereocenters. The number of imidazole rings is 1. The van der Waals surface area contributed by atoms with Gasteiger partial charge in [0.25, 0.3) is 0 Å². The van der Waals surface area contributed by atoms with Crippen LogP contribution in [0.3, 0.4) is 0 Å². The third-order valence-electron chi connectivity index (χ3n) is 5.09. The summed E-state index contributed by atoms with van der Waals surface area (Å²) in [5.74, 6) is 0.321. The van der Waals surface area contributed by atoms with Crippen LogP contribution in [0.15, 0.2) is 29.1 Å². The number of aliphatic hydroxyl groups is 1. The smallest absolute Gasteiger partial charge is 0.328 e. The lowest BCUT2D eigenvalue weighted by molar-refractivity contribution is 0.134. The number of anilines is 2. The van der Waals surface area contributed by atoms with Gasteiger partial charge >= 0.3 is 5.69 Å². The first-order valence-corrected chi connectivity index (χ1v) is 9.52. The van der Waals surface area contributed by atoms with Gasteiger partial charge in [0.2, 0.25) is 0 Å². The highest BCUT2D eigenvalue weighted by Gasteiger charge is 2.39. The average Bonchev–Trinajstić information content (AvgIpc) is 3.36. The van der Waals surface area contributed by atoms with Gasteiger partial charge in [-0.3, -0.25) is 9.13 Å². The Morgan fingerprint density at radius 2 is 2.07 bits per heavy atom. The molecule has 0 saturated heterocycles. The number of hydrogen-bond acceptors (Lipinski definition) is 5. The summed E-state index contributed by atoms with van der Waals surface area (Å²) in [5, 5.41) is 22.5. The SMILES string of the molecule is Cn1c(=O)n(CCC2(O)CC2)c2cc(Nc3nc(Cl)c(C#N)cc3Cl)ccc21. The molecule has 2 N–H and O–H groups in total. The van der Waals surface area contributed by atoms with Gasteiger partial charge in [-0.1, -0.05) is 23.2 Å². The molecule has 1 aromatic carbocycles. The van der Waals surface area contributed by atoms with E-state index in [1.165, 1.54) is 6.07 Å². The first kappa shape index (κ1) is 18.8. The van der Waals surface area contributed by atoms with Crippen LogP contribution in [-0.2, 0) is 13.6 Å². The number of rotatable bonds is 5. The number of nitriles is 1. The molecule has 2 heterocycles. The summed E-state index contributed by atoms with van der Waals surface area (Å²) in [6.07, 6.45) is 2.11. The van der Waals surface area contributed by atoms with Crippen molar-refractivity contribution in [2.24, 2.45) is 7.05 Å². The number of aryl methyl sites for hydroxylation is 2. The van der Waals surface area contributed by atoms with Crippen LogP contribution in [0.2, 0.25) is 10.2 Å². The van der Waals surface area contributed by atoms with Crippen LogP contribution in [0.5, 0.6) is 0 Å². The summed E-state index contributed by atoms with van der Waals surface area (Å²) in [6.45, 7) is 0.442. The molecule has 7 nitrogen and oxygen atoms in total. The molecule has 0 amide bonds. The summed E-state index contributed by atoms with van der Waals surface area (Å²) in [7, 11) is 1.72. The minimum atomic E-state index is -0.631. The molecule has 1 saturated carbocycles. The van der Waals surface area contributed by atoms with Gasteiger partial charge in [0.05, 0.1) is 27.2 Å². The third kappa shape index (κ3) is 3.35. The highest BCUT2D eigenvalue weighted by Crippen LogP contribution is 2.38. The van der Waals surface area contributed by atoms with E-state index in [4.69, 9.17) is 28.5 Å².